The van der Waals surface area contributed by atoms with Crippen molar-refractivity contribution in [3.05, 3.63) is 49.1 Å². The van der Waals surface area contributed by atoms with E-state index in [4.69, 9.17) is 5.73 Å². The zero-order valence-electron chi connectivity index (χ0n) is 10.6. The lowest BCUT2D eigenvalue weighted by molar-refractivity contribution is 0.703. The maximum absolute atomic E-state index is 5.91. The first-order chi connectivity index (χ1) is 9.25. The molecule has 19 heavy (non-hydrogen) atoms. The zero-order valence-corrected chi connectivity index (χ0v) is 10.6. The Kier molecular flexibility index (Phi) is 2.75. The first kappa shape index (κ1) is 11.5. The minimum absolute atomic E-state index is 0.504. The fourth-order valence-electron chi connectivity index (χ4n) is 2.01. The molecule has 3 aromatic heterocycles. The van der Waals surface area contributed by atoms with Crippen LogP contribution in [0.1, 0.15) is 5.82 Å². The Morgan fingerprint density at radius 2 is 2.16 bits per heavy atom. The summed E-state index contributed by atoms with van der Waals surface area (Å²) in [6, 6.07) is 3.80. The van der Waals surface area contributed by atoms with Crippen LogP contribution >= 0.6 is 0 Å². The molecule has 0 aromatic carbocycles. The van der Waals surface area contributed by atoms with E-state index in [-0.39, 0.29) is 0 Å². The molecule has 0 spiro atoms. The Morgan fingerprint density at radius 3 is 2.89 bits per heavy atom. The lowest BCUT2D eigenvalue weighted by Gasteiger charge is -2.09. The highest BCUT2D eigenvalue weighted by atomic mass is 15.1. The van der Waals surface area contributed by atoms with Gasteiger partial charge in [0.15, 0.2) is 0 Å². The van der Waals surface area contributed by atoms with Gasteiger partial charge in [-0.3, -0.25) is 0 Å². The van der Waals surface area contributed by atoms with Crippen molar-refractivity contribution in [2.75, 3.05) is 5.73 Å². The van der Waals surface area contributed by atoms with Crippen LogP contribution in [0.25, 0.3) is 11.3 Å². The van der Waals surface area contributed by atoms with E-state index in [0.29, 0.717) is 12.4 Å². The second kappa shape index (κ2) is 4.56. The second-order valence-electron chi connectivity index (χ2n) is 4.30. The number of nitrogen functional groups attached to an aromatic ring is 1. The smallest absolute Gasteiger partial charge is 0.132 e. The second-order valence-corrected chi connectivity index (χ2v) is 4.30. The van der Waals surface area contributed by atoms with Gasteiger partial charge in [0.25, 0.3) is 0 Å². The van der Waals surface area contributed by atoms with Crippen molar-refractivity contribution < 1.29 is 0 Å². The Hall–Kier alpha value is -2.63. The number of nitrogens with two attached hydrogens (primary N) is 1. The summed E-state index contributed by atoms with van der Waals surface area (Å²) in [7, 11) is 1.97. The first-order valence-corrected chi connectivity index (χ1v) is 5.93. The predicted molar refractivity (Wildman–Crippen MR) is 72.2 cm³/mol. The third-order valence-electron chi connectivity index (χ3n) is 3.06. The van der Waals surface area contributed by atoms with Gasteiger partial charge >= 0.3 is 0 Å². The number of rotatable bonds is 3. The number of nitrogens with zero attached hydrogens (tertiary/aromatic N) is 5. The molecule has 96 valence electrons. The molecule has 0 aliphatic heterocycles. The van der Waals surface area contributed by atoms with E-state index >= 15 is 0 Å². The molecular formula is C13H14N6. The van der Waals surface area contributed by atoms with Gasteiger partial charge in [0.1, 0.15) is 11.6 Å². The quantitative estimate of drug-likeness (QED) is 0.764. The molecular weight excluding hydrogens is 240 g/mol. The van der Waals surface area contributed by atoms with Crippen LogP contribution in [0.3, 0.4) is 0 Å². The average molecular weight is 254 g/mol. The maximum atomic E-state index is 5.91. The van der Waals surface area contributed by atoms with Gasteiger partial charge in [-0.15, -0.1) is 0 Å². The van der Waals surface area contributed by atoms with Gasteiger partial charge in [0.05, 0.1) is 24.8 Å². The number of aryl methyl sites for hydroxylation is 1. The molecule has 0 aliphatic rings. The molecule has 0 amide bonds. The van der Waals surface area contributed by atoms with Crippen molar-refractivity contribution in [1.82, 2.24) is 24.1 Å². The van der Waals surface area contributed by atoms with Crippen LogP contribution in [0, 0.1) is 0 Å². The molecule has 3 rings (SSSR count). The molecule has 0 bridgehead atoms. The molecule has 6 nitrogen and oxygen atoms in total. The third kappa shape index (κ3) is 2.08. The van der Waals surface area contributed by atoms with Crippen molar-refractivity contribution in [3.8, 4) is 11.3 Å². The molecule has 0 unspecified atom stereocenters. The van der Waals surface area contributed by atoms with Gasteiger partial charge in [0.2, 0.25) is 0 Å². The molecule has 0 radical (unpaired) electrons. The number of aromatic nitrogens is 5. The van der Waals surface area contributed by atoms with Crippen LogP contribution in [-0.4, -0.2) is 24.1 Å². The monoisotopic (exact) mass is 254 g/mol. The van der Waals surface area contributed by atoms with Gasteiger partial charge < -0.3 is 14.9 Å². The summed E-state index contributed by atoms with van der Waals surface area (Å²) in [6.45, 7) is 0.646. The molecule has 0 aliphatic carbocycles. The first-order valence-electron chi connectivity index (χ1n) is 5.93. The minimum atomic E-state index is 0.504. The van der Waals surface area contributed by atoms with E-state index in [2.05, 4.69) is 15.0 Å². The summed E-state index contributed by atoms with van der Waals surface area (Å²) in [5, 5.41) is 0. The van der Waals surface area contributed by atoms with Crippen LogP contribution in [0.2, 0.25) is 0 Å². The van der Waals surface area contributed by atoms with Crippen LogP contribution < -0.4 is 5.73 Å². The van der Waals surface area contributed by atoms with Crippen molar-refractivity contribution >= 4 is 5.82 Å². The molecule has 0 saturated carbocycles. The molecule has 2 N–H and O–H groups in total. The van der Waals surface area contributed by atoms with E-state index in [1.807, 2.05) is 34.5 Å². The molecule has 0 fully saturated rings. The van der Waals surface area contributed by atoms with Crippen LogP contribution in [0.15, 0.2) is 43.2 Å². The average Bonchev–Trinajstić information content (AvgIpc) is 3.01. The number of pyridine rings is 1. The van der Waals surface area contributed by atoms with Gasteiger partial charge in [-0.25, -0.2) is 15.0 Å². The van der Waals surface area contributed by atoms with Crippen molar-refractivity contribution in [3.63, 3.8) is 0 Å². The predicted octanol–water partition coefficient (Wildman–Crippen LogP) is 1.31. The van der Waals surface area contributed by atoms with Crippen molar-refractivity contribution in [1.29, 1.82) is 0 Å². The van der Waals surface area contributed by atoms with Gasteiger partial charge in [0, 0.05) is 31.2 Å². The largest absolute Gasteiger partial charge is 0.383 e. The highest BCUT2D eigenvalue weighted by Crippen LogP contribution is 2.23. The Balaban J connectivity index is 2.00. The standard InChI is InChI=1S/C13H14N6/c1-18-6-5-16-12(18)8-19-9-15-7-11(19)10-3-2-4-17-13(10)14/h2-7,9H,8H2,1H3,(H2,14,17). The Morgan fingerprint density at radius 1 is 1.26 bits per heavy atom. The van der Waals surface area contributed by atoms with Crippen LogP contribution in [-0.2, 0) is 13.6 Å². The van der Waals surface area contributed by atoms with Crippen LogP contribution in [0.4, 0.5) is 5.82 Å². The summed E-state index contributed by atoms with van der Waals surface area (Å²) in [4.78, 5) is 12.6. The van der Waals surface area contributed by atoms with E-state index in [1.54, 1.807) is 24.9 Å². The van der Waals surface area contributed by atoms with E-state index in [1.165, 1.54) is 0 Å². The molecule has 0 saturated heterocycles. The summed E-state index contributed by atoms with van der Waals surface area (Å²) >= 11 is 0. The van der Waals surface area contributed by atoms with E-state index < -0.39 is 0 Å². The summed E-state index contributed by atoms with van der Waals surface area (Å²) in [6.07, 6.45) is 8.94. The number of anilines is 1. The number of hydrogen-bond donors (Lipinski definition) is 1. The van der Waals surface area contributed by atoms with Gasteiger partial charge in [-0.1, -0.05) is 0 Å². The lowest BCUT2D eigenvalue weighted by atomic mass is 10.2. The van der Waals surface area contributed by atoms with E-state index in [9.17, 15) is 0 Å². The fraction of sp³-hybridized carbons (Fsp3) is 0.154. The highest BCUT2D eigenvalue weighted by molar-refractivity contribution is 5.70. The molecule has 3 aromatic rings. The lowest BCUT2D eigenvalue weighted by Crippen LogP contribution is -2.07. The topological polar surface area (TPSA) is 74.5 Å². The zero-order chi connectivity index (χ0) is 13.2. The molecule has 3 heterocycles. The Bertz CT molecular complexity index is 696. The Labute approximate surface area is 110 Å². The van der Waals surface area contributed by atoms with E-state index in [0.717, 1.165) is 17.1 Å². The SMILES string of the molecule is Cn1ccnc1Cn1cncc1-c1cccnc1N. The number of imidazole rings is 2. The highest BCUT2D eigenvalue weighted by Gasteiger charge is 2.10. The van der Waals surface area contributed by atoms with Gasteiger partial charge in [-0.2, -0.15) is 0 Å². The summed E-state index contributed by atoms with van der Waals surface area (Å²) in [5.41, 5.74) is 7.73. The minimum Gasteiger partial charge on any atom is -0.383 e. The maximum Gasteiger partial charge on any atom is 0.132 e. The van der Waals surface area contributed by atoms with Crippen molar-refractivity contribution in [2.45, 2.75) is 6.54 Å². The summed E-state index contributed by atoms with van der Waals surface area (Å²) in [5.74, 6) is 1.46. The fourth-order valence-corrected chi connectivity index (χ4v) is 2.01. The van der Waals surface area contributed by atoms with Gasteiger partial charge in [-0.05, 0) is 12.1 Å². The number of hydrogen-bond acceptors (Lipinski definition) is 4. The third-order valence-corrected chi connectivity index (χ3v) is 3.06. The van der Waals surface area contributed by atoms with Crippen LogP contribution in [0.5, 0.6) is 0 Å². The molecule has 6 heteroatoms. The normalized spacial score (nSPS) is 10.8. The summed E-state index contributed by atoms with van der Waals surface area (Å²) < 4.78 is 3.99. The molecule has 0 atom stereocenters. The van der Waals surface area contributed by atoms with Crippen molar-refractivity contribution in [2.24, 2.45) is 7.05 Å².